The van der Waals surface area contributed by atoms with Crippen molar-refractivity contribution in [3.8, 4) is 11.5 Å². The molecule has 7 nitrogen and oxygen atoms in total. The van der Waals surface area contributed by atoms with Gasteiger partial charge < -0.3 is 14.8 Å². The summed E-state index contributed by atoms with van der Waals surface area (Å²) in [5.41, 5.74) is 0.782. The maximum absolute atomic E-state index is 13.2. The van der Waals surface area contributed by atoms with E-state index < -0.39 is 16.1 Å². The third-order valence-corrected chi connectivity index (χ3v) is 7.57. The molecule has 0 aromatic heterocycles. The first-order chi connectivity index (χ1) is 14.4. The van der Waals surface area contributed by atoms with Crippen LogP contribution in [0.1, 0.15) is 24.8 Å². The summed E-state index contributed by atoms with van der Waals surface area (Å²) in [5, 5.41) is 2.87. The average molecular weight is 497 g/mol. The van der Waals surface area contributed by atoms with E-state index in [1.54, 1.807) is 50.6 Å². The normalized spacial score (nSPS) is 17.4. The fourth-order valence-electron chi connectivity index (χ4n) is 3.49. The average Bonchev–Trinajstić information content (AvgIpc) is 2.77. The number of nitrogens with one attached hydrogen (secondary N) is 1. The first-order valence-corrected chi connectivity index (χ1v) is 11.9. The van der Waals surface area contributed by atoms with Crippen LogP contribution in [0.5, 0.6) is 11.5 Å². The Balaban J connectivity index is 1.76. The topological polar surface area (TPSA) is 84.9 Å². The molecule has 3 rings (SSSR count). The molecule has 1 fully saturated rings. The highest BCUT2D eigenvalue weighted by Crippen LogP contribution is 2.27. The summed E-state index contributed by atoms with van der Waals surface area (Å²) in [4.78, 5) is 13.1. The van der Waals surface area contributed by atoms with Crippen LogP contribution in [0.25, 0.3) is 0 Å². The van der Waals surface area contributed by atoms with Crippen molar-refractivity contribution in [3.63, 3.8) is 0 Å². The Morgan fingerprint density at radius 2 is 1.87 bits per heavy atom. The smallest absolute Gasteiger partial charge is 0.243 e. The summed E-state index contributed by atoms with van der Waals surface area (Å²) in [5.74, 6) is 0.937. The lowest BCUT2D eigenvalue weighted by atomic mass is 10.0. The lowest BCUT2D eigenvalue weighted by Crippen LogP contribution is -2.51. The summed E-state index contributed by atoms with van der Waals surface area (Å²) in [7, 11) is -0.649. The maximum atomic E-state index is 13.2. The van der Waals surface area contributed by atoms with Gasteiger partial charge in [0.15, 0.2) is 0 Å². The lowest BCUT2D eigenvalue weighted by Gasteiger charge is -2.33. The molecule has 1 N–H and O–H groups in total. The minimum Gasteiger partial charge on any atom is -0.497 e. The number of amides is 1. The molecule has 1 atom stereocenters. The van der Waals surface area contributed by atoms with Gasteiger partial charge in [0.1, 0.15) is 17.5 Å². The third kappa shape index (κ3) is 4.96. The highest BCUT2D eigenvalue weighted by molar-refractivity contribution is 9.10. The number of ether oxygens (including phenoxy) is 2. The number of sulfonamides is 1. The van der Waals surface area contributed by atoms with Crippen LogP contribution in [-0.2, 0) is 21.4 Å². The van der Waals surface area contributed by atoms with E-state index in [2.05, 4.69) is 21.2 Å². The van der Waals surface area contributed by atoms with Crippen molar-refractivity contribution < 1.29 is 22.7 Å². The number of hydrogen-bond donors (Lipinski definition) is 1. The van der Waals surface area contributed by atoms with E-state index in [1.165, 1.54) is 4.31 Å². The highest BCUT2D eigenvalue weighted by atomic mass is 79.9. The Labute approximate surface area is 185 Å². The number of carbonyl (C=O) groups excluding carboxylic acids is 1. The van der Waals surface area contributed by atoms with E-state index >= 15 is 0 Å². The molecule has 0 aliphatic carbocycles. The second-order valence-electron chi connectivity index (χ2n) is 6.98. The second kappa shape index (κ2) is 9.80. The molecule has 162 valence electrons. The van der Waals surface area contributed by atoms with Gasteiger partial charge in [0.25, 0.3) is 0 Å². The number of methoxy groups -OCH3 is 2. The Bertz CT molecular complexity index is 995. The van der Waals surface area contributed by atoms with Gasteiger partial charge in [-0.05, 0) is 49.2 Å². The number of rotatable bonds is 7. The van der Waals surface area contributed by atoms with Crippen molar-refractivity contribution >= 4 is 31.9 Å². The summed E-state index contributed by atoms with van der Waals surface area (Å²) >= 11 is 3.32. The third-order valence-electron chi connectivity index (χ3n) is 5.12. The Morgan fingerprint density at radius 1 is 1.13 bits per heavy atom. The molecule has 0 saturated carbocycles. The van der Waals surface area contributed by atoms with Gasteiger partial charge in [-0.3, -0.25) is 4.79 Å². The van der Waals surface area contributed by atoms with Crippen LogP contribution in [0, 0.1) is 0 Å². The number of halogens is 1. The summed E-state index contributed by atoms with van der Waals surface area (Å²) in [6.07, 6.45) is 2.02. The first-order valence-electron chi connectivity index (χ1n) is 9.63. The zero-order valence-electron chi connectivity index (χ0n) is 16.9. The quantitative estimate of drug-likeness (QED) is 0.635. The van der Waals surface area contributed by atoms with Crippen LogP contribution >= 0.6 is 15.9 Å². The standard InChI is InChI=1S/C21H25BrN2O5S/c1-28-17-9-6-15(20(13-17)29-2)14-23-21(25)19-5-3-4-12-24(19)30(26,27)18-10-7-16(22)8-11-18/h6-11,13,19H,3-5,12,14H2,1-2H3,(H,23,25)/t19-/m1/s1. The van der Waals surface area contributed by atoms with Crippen LogP contribution in [0.4, 0.5) is 0 Å². The molecule has 9 heteroatoms. The Morgan fingerprint density at radius 3 is 2.53 bits per heavy atom. The molecule has 30 heavy (non-hydrogen) atoms. The Hall–Kier alpha value is -2.10. The molecular formula is C21H25BrN2O5S. The summed E-state index contributed by atoms with van der Waals surface area (Å²) < 4.78 is 39.0. The monoisotopic (exact) mass is 496 g/mol. The van der Waals surface area contributed by atoms with Crippen LogP contribution in [0.15, 0.2) is 51.8 Å². The lowest BCUT2D eigenvalue weighted by molar-refractivity contribution is -0.125. The van der Waals surface area contributed by atoms with Crippen LogP contribution in [0.3, 0.4) is 0 Å². The van der Waals surface area contributed by atoms with Gasteiger partial charge in [0.05, 0.1) is 19.1 Å². The fraction of sp³-hybridized carbons (Fsp3) is 0.381. The molecule has 1 saturated heterocycles. The minimum atomic E-state index is -3.77. The van der Waals surface area contributed by atoms with Gasteiger partial charge in [-0.15, -0.1) is 0 Å². The van der Waals surface area contributed by atoms with Gasteiger partial charge in [-0.1, -0.05) is 22.4 Å². The number of benzene rings is 2. The largest absolute Gasteiger partial charge is 0.497 e. The van der Waals surface area contributed by atoms with Crippen LogP contribution in [-0.4, -0.2) is 45.4 Å². The fourth-order valence-corrected chi connectivity index (χ4v) is 5.42. The van der Waals surface area contributed by atoms with Crippen LogP contribution in [0.2, 0.25) is 0 Å². The summed E-state index contributed by atoms with van der Waals surface area (Å²) in [6, 6.07) is 11.1. The van der Waals surface area contributed by atoms with Crippen molar-refractivity contribution in [2.45, 2.75) is 36.7 Å². The van der Waals surface area contributed by atoms with Crippen LogP contribution < -0.4 is 14.8 Å². The second-order valence-corrected chi connectivity index (χ2v) is 9.78. The molecule has 2 aromatic rings. The maximum Gasteiger partial charge on any atom is 0.243 e. The molecule has 2 aromatic carbocycles. The molecule has 0 radical (unpaired) electrons. The van der Waals surface area contributed by atoms with Gasteiger partial charge in [-0.25, -0.2) is 8.42 Å². The van der Waals surface area contributed by atoms with Gasteiger partial charge in [-0.2, -0.15) is 4.31 Å². The number of piperidine rings is 1. The van der Waals surface area contributed by atoms with E-state index in [9.17, 15) is 13.2 Å². The summed E-state index contributed by atoms with van der Waals surface area (Å²) in [6.45, 7) is 0.553. The molecule has 0 unspecified atom stereocenters. The Kier molecular flexibility index (Phi) is 7.38. The molecule has 1 aliphatic rings. The van der Waals surface area contributed by atoms with E-state index in [0.717, 1.165) is 22.9 Å². The zero-order valence-corrected chi connectivity index (χ0v) is 19.3. The van der Waals surface area contributed by atoms with Crippen molar-refractivity contribution in [2.24, 2.45) is 0 Å². The molecule has 1 heterocycles. The first kappa shape index (κ1) is 22.6. The number of carbonyl (C=O) groups is 1. The van der Waals surface area contributed by atoms with Gasteiger partial charge in [0, 0.05) is 29.2 Å². The zero-order chi connectivity index (χ0) is 21.7. The van der Waals surface area contributed by atoms with Crippen molar-refractivity contribution in [2.75, 3.05) is 20.8 Å². The number of hydrogen-bond acceptors (Lipinski definition) is 5. The molecule has 1 amide bonds. The van der Waals surface area contributed by atoms with E-state index in [0.29, 0.717) is 24.5 Å². The molecular weight excluding hydrogens is 472 g/mol. The van der Waals surface area contributed by atoms with Crippen molar-refractivity contribution in [1.82, 2.24) is 9.62 Å². The van der Waals surface area contributed by atoms with E-state index in [4.69, 9.17) is 9.47 Å². The predicted molar refractivity (Wildman–Crippen MR) is 117 cm³/mol. The molecule has 0 bridgehead atoms. The minimum absolute atomic E-state index is 0.183. The highest BCUT2D eigenvalue weighted by Gasteiger charge is 2.37. The number of nitrogens with zero attached hydrogens (tertiary/aromatic N) is 1. The van der Waals surface area contributed by atoms with Crippen molar-refractivity contribution in [1.29, 1.82) is 0 Å². The van der Waals surface area contributed by atoms with Gasteiger partial charge in [0.2, 0.25) is 15.9 Å². The SMILES string of the molecule is COc1ccc(CNC(=O)[C@H]2CCCCN2S(=O)(=O)c2ccc(Br)cc2)c(OC)c1. The molecule has 0 spiro atoms. The van der Waals surface area contributed by atoms with Crippen molar-refractivity contribution in [3.05, 3.63) is 52.5 Å². The van der Waals surface area contributed by atoms with E-state index in [-0.39, 0.29) is 17.3 Å². The van der Waals surface area contributed by atoms with Gasteiger partial charge >= 0.3 is 0 Å². The predicted octanol–water partition coefficient (Wildman–Crippen LogP) is 3.33. The van der Waals surface area contributed by atoms with E-state index in [1.807, 2.05) is 6.07 Å². The molecule has 1 aliphatic heterocycles.